The summed E-state index contributed by atoms with van der Waals surface area (Å²) in [4.78, 5) is 8.96. The third-order valence-corrected chi connectivity index (χ3v) is 9.43. The molecule has 0 bridgehead atoms. The average molecular weight is 520 g/mol. The van der Waals surface area contributed by atoms with E-state index in [1.165, 1.54) is 6.33 Å². The number of ether oxygens (including phenoxy) is 1. The normalized spacial score (nSPS) is 17.0. The topological polar surface area (TPSA) is 108 Å². The Balaban J connectivity index is 1.58. The van der Waals surface area contributed by atoms with Crippen LogP contribution in [0.4, 0.5) is 0 Å². The Labute approximate surface area is 209 Å². The van der Waals surface area contributed by atoms with Gasteiger partial charge in [0.1, 0.15) is 35.2 Å². The van der Waals surface area contributed by atoms with Crippen molar-refractivity contribution in [2.45, 2.75) is 51.3 Å². The minimum Gasteiger partial charge on any atom is -0.598 e. The van der Waals surface area contributed by atoms with Crippen molar-refractivity contribution in [3.8, 4) is 17.3 Å². The Kier molecular flexibility index (Phi) is 7.38. The SMILES string of the molecule is CC[S+]([O-])N1CC(CC#N)(n2cc(-c3ncnc4c3cc(Cl)n4COCC[Si](C)(C)C)cn2)C1. The predicted molar refractivity (Wildman–Crippen MR) is 136 cm³/mol. The zero-order chi connectivity index (χ0) is 24.5. The summed E-state index contributed by atoms with van der Waals surface area (Å²) >= 11 is 5.51. The van der Waals surface area contributed by atoms with Gasteiger partial charge in [0.25, 0.3) is 0 Å². The molecule has 12 heteroatoms. The van der Waals surface area contributed by atoms with Gasteiger partial charge in [0.15, 0.2) is 0 Å². The fraction of sp³-hybridized carbons (Fsp3) is 0.545. The largest absolute Gasteiger partial charge is 0.598 e. The number of fused-ring (bicyclic) bond motifs is 1. The Hall–Kier alpha value is -1.94. The molecule has 0 N–H and O–H groups in total. The average Bonchev–Trinajstić information content (AvgIpc) is 3.37. The molecule has 0 aliphatic carbocycles. The van der Waals surface area contributed by atoms with Gasteiger partial charge in [-0.25, -0.2) is 9.97 Å². The van der Waals surface area contributed by atoms with Crippen LogP contribution in [0.15, 0.2) is 24.8 Å². The van der Waals surface area contributed by atoms with Gasteiger partial charge >= 0.3 is 0 Å². The summed E-state index contributed by atoms with van der Waals surface area (Å²) in [6.45, 7) is 10.9. The van der Waals surface area contributed by atoms with E-state index in [1.807, 2.05) is 32.7 Å². The van der Waals surface area contributed by atoms with Crippen molar-refractivity contribution >= 4 is 42.1 Å². The van der Waals surface area contributed by atoms with Gasteiger partial charge in [0.2, 0.25) is 0 Å². The molecule has 1 fully saturated rings. The maximum Gasteiger partial charge on any atom is 0.147 e. The van der Waals surface area contributed by atoms with E-state index in [4.69, 9.17) is 16.3 Å². The van der Waals surface area contributed by atoms with Gasteiger partial charge in [0, 0.05) is 43.2 Å². The first-order valence-corrected chi connectivity index (χ1v) is 16.7. The van der Waals surface area contributed by atoms with Gasteiger partial charge in [-0.05, 0) is 19.0 Å². The lowest BCUT2D eigenvalue weighted by Gasteiger charge is -2.47. The number of aromatic nitrogens is 5. The van der Waals surface area contributed by atoms with Gasteiger partial charge in [-0.2, -0.15) is 10.4 Å². The molecule has 0 radical (unpaired) electrons. The molecule has 0 amide bonds. The summed E-state index contributed by atoms with van der Waals surface area (Å²) in [5, 5.41) is 15.3. The van der Waals surface area contributed by atoms with Crippen molar-refractivity contribution in [1.82, 2.24) is 28.6 Å². The first-order valence-electron chi connectivity index (χ1n) is 11.3. The number of nitriles is 1. The van der Waals surface area contributed by atoms with Crippen LogP contribution in [0.2, 0.25) is 30.8 Å². The minimum absolute atomic E-state index is 0.293. The molecule has 1 aliphatic heterocycles. The standard InChI is InChI=1S/C22H30ClN7O2SSi/c1-5-33(31)28-13-22(14-28,6-7-24)30-12-17(11-27-30)20-18-10-19(23)29(21(18)26-15-25-20)16-32-8-9-34(2,3)4/h10-12,15H,5-6,8-9,13-14,16H2,1-4H3. The van der Waals surface area contributed by atoms with E-state index in [-0.39, 0.29) is 0 Å². The summed E-state index contributed by atoms with van der Waals surface area (Å²) in [6, 6.07) is 5.20. The highest BCUT2D eigenvalue weighted by Crippen LogP contribution is 2.36. The molecular weight excluding hydrogens is 490 g/mol. The molecule has 4 heterocycles. The monoisotopic (exact) mass is 519 g/mol. The highest BCUT2D eigenvalue weighted by Gasteiger charge is 2.50. The second kappa shape index (κ2) is 9.97. The molecule has 0 aromatic carbocycles. The highest BCUT2D eigenvalue weighted by atomic mass is 35.5. The summed E-state index contributed by atoms with van der Waals surface area (Å²) in [5.74, 6) is 0.561. The van der Waals surface area contributed by atoms with Crippen LogP contribution in [0, 0.1) is 11.3 Å². The molecule has 4 rings (SSSR count). The lowest BCUT2D eigenvalue weighted by atomic mass is 9.89. The van der Waals surface area contributed by atoms with Crippen molar-refractivity contribution in [1.29, 1.82) is 5.26 Å². The van der Waals surface area contributed by atoms with Crippen LogP contribution < -0.4 is 0 Å². The zero-order valence-corrected chi connectivity index (χ0v) is 22.6. The van der Waals surface area contributed by atoms with Crippen LogP contribution >= 0.6 is 11.6 Å². The molecule has 0 saturated carbocycles. The second-order valence-electron chi connectivity index (χ2n) is 9.84. The molecular formula is C22H30ClN7O2SSi. The Morgan fingerprint density at radius 3 is 2.76 bits per heavy atom. The van der Waals surface area contributed by atoms with Gasteiger partial charge in [0.05, 0.1) is 37.5 Å². The Morgan fingerprint density at radius 2 is 2.09 bits per heavy atom. The minimum atomic E-state index is -1.17. The van der Waals surface area contributed by atoms with E-state index in [0.29, 0.717) is 49.4 Å². The summed E-state index contributed by atoms with van der Waals surface area (Å²) in [7, 11) is -1.17. The van der Waals surface area contributed by atoms with Gasteiger partial charge in [-0.15, -0.1) is 4.31 Å². The molecule has 1 aliphatic rings. The number of hydrogen-bond acceptors (Lipinski definition) is 7. The molecule has 182 valence electrons. The van der Waals surface area contributed by atoms with Gasteiger partial charge in [-0.1, -0.05) is 31.2 Å². The van der Waals surface area contributed by atoms with Crippen molar-refractivity contribution < 1.29 is 9.29 Å². The van der Waals surface area contributed by atoms with Crippen LogP contribution in [0.5, 0.6) is 0 Å². The lowest BCUT2D eigenvalue weighted by Crippen LogP contribution is -2.64. The fourth-order valence-corrected chi connectivity index (χ4v) is 6.17. The van der Waals surface area contributed by atoms with E-state index in [1.54, 1.807) is 6.20 Å². The first kappa shape index (κ1) is 25.2. The molecule has 3 aromatic heterocycles. The highest BCUT2D eigenvalue weighted by molar-refractivity contribution is 7.89. The summed E-state index contributed by atoms with van der Waals surface area (Å²) < 4.78 is 23.6. The van der Waals surface area contributed by atoms with Gasteiger partial charge < -0.3 is 9.29 Å². The zero-order valence-electron chi connectivity index (χ0n) is 20.0. The predicted octanol–water partition coefficient (Wildman–Crippen LogP) is 3.87. The maximum atomic E-state index is 12.2. The van der Waals surface area contributed by atoms with E-state index in [2.05, 4.69) is 40.8 Å². The maximum absolute atomic E-state index is 12.2. The van der Waals surface area contributed by atoms with Crippen LogP contribution in [-0.4, -0.2) is 66.7 Å². The molecule has 34 heavy (non-hydrogen) atoms. The third-order valence-electron chi connectivity index (χ3n) is 6.08. The molecule has 3 aromatic rings. The van der Waals surface area contributed by atoms with E-state index >= 15 is 0 Å². The van der Waals surface area contributed by atoms with Gasteiger partial charge in [-0.3, -0.25) is 9.25 Å². The quantitative estimate of drug-likeness (QED) is 0.227. The smallest absolute Gasteiger partial charge is 0.147 e. The number of hydrogen-bond donors (Lipinski definition) is 0. The Morgan fingerprint density at radius 1 is 1.32 bits per heavy atom. The van der Waals surface area contributed by atoms with E-state index in [0.717, 1.165) is 22.7 Å². The Bertz CT molecular complexity index is 1200. The summed E-state index contributed by atoms with van der Waals surface area (Å²) in [5.41, 5.74) is 1.75. The molecule has 9 nitrogen and oxygen atoms in total. The van der Waals surface area contributed by atoms with Crippen molar-refractivity contribution in [3.63, 3.8) is 0 Å². The van der Waals surface area contributed by atoms with Crippen LogP contribution in [0.3, 0.4) is 0 Å². The van der Waals surface area contributed by atoms with Crippen molar-refractivity contribution in [3.05, 3.63) is 29.9 Å². The second-order valence-corrected chi connectivity index (χ2v) is 17.6. The lowest BCUT2D eigenvalue weighted by molar-refractivity contribution is 0.0719. The molecule has 1 atom stereocenters. The van der Waals surface area contributed by atoms with E-state index in [9.17, 15) is 9.81 Å². The third kappa shape index (κ3) is 5.03. The number of nitrogens with zero attached hydrogens (tertiary/aromatic N) is 7. The van der Waals surface area contributed by atoms with Crippen LogP contribution in [-0.2, 0) is 28.4 Å². The molecule has 1 saturated heterocycles. The molecule has 0 spiro atoms. The van der Waals surface area contributed by atoms with Crippen molar-refractivity contribution in [2.24, 2.45) is 0 Å². The molecule has 1 unspecified atom stereocenters. The van der Waals surface area contributed by atoms with Crippen LogP contribution in [0.1, 0.15) is 13.3 Å². The number of rotatable bonds is 10. The fourth-order valence-electron chi connectivity index (χ4n) is 4.05. The van der Waals surface area contributed by atoms with Crippen LogP contribution in [0.25, 0.3) is 22.3 Å². The summed E-state index contributed by atoms with van der Waals surface area (Å²) in [6.07, 6.45) is 5.46. The van der Waals surface area contributed by atoms with E-state index < -0.39 is 25.0 Å². The first-order chi connectivity index (χ1) is 16.2. The number of halogens is 1. The van der Waals surface area contributed by atoms with Crippen molar-refractivity contribution in [2.75, 3.05) is 25.4 Å².